The molecule has 2 rings (SSSR count). The van der Waals surface area contributed by atoms with Crippen LogP contribution in [0.15, 0.2) is 24.3 Å². The molecule has 21 heavy (non-hydrogen) atoms. The molecule has 1 aliphatic heterocycles. The van der Waals surface area contributed by atoms with Crippen LogP contribution in [0.4, 0.5) is 5.69 Å². The van der Waals surface area contributed by atoms with Gasteiger partial charge in [0, 0.05) is 12.6 Å². The number of para-hydroxylation sites is 2. The quantitative estimate of drug-likeness (QED) is 0.870. The van der Waals surface area contributed by atoms with Crippen LogP contribution >= 0.6 is 0 Å². The number of amides is 2. The van der Waals surface area contributed by atoms with Gasteiger partial charge < -0.3 is 15.0 Å². The lowest BCUT2D eigenvalue weighted by Crippen LogP contribution is -2.48. The molecule has 5 heteroatoms. The topological polar surface area (TPSA) is 58.6 Å². The van der Waals surface area contributed by atoms with Gasteiger partial charge in [-0.25, -0.2) is 0 Å². The van der Waals surface area contributed by atoms with Gasteiger partial charge in [-0.3, -0.25) is 9.59 Å². The fourth-order valence-electron chi connectivity index (χ4n) is 2.75. The molecule has 1 atom stereocenters. The number of nitrogens with zero attached hydrogens (tertiary/aromatic N) is 1. The van der Waals surface area contributed by atoms with Crippen molar-refractivity contribution in [1.82, 2.24) is 4.90 Å². The SMILES string of the molecule is CCC1CCCCN1C(=O)C(=O)Nc1ccccc1OC. The summed E-state index contributed by atoms with van der Waals surface area (Å²) >= 11 is 0. The summed E-state index contributed by atoms with van der Waals surface area (Å²) in [4.78, 5) is 26.2. The first-order valence-electron chi connectivity index (χ1n) is 7.42. The minimum atomic E-state index is -0.597. The average Bonchev–Trinajstić information content (AvgIpc) is 2.54. The number of piperidine rings is 1. The monoisotopic (exact) mass is 290 g/mol. The molecule has 1 saturated heterocycles. The number of rotatable bonds is 3. The van der Waals surface area contributed by atoms with E-state index >= 15 is 0 Å². The molecular formula is C16H22N2O3. The van der Waals surface area contributed by atoms with Crippen LogP contribution in [0.25, 0.3) is 0 Å². The van der Waals surface area contributed by atoms with Gasteiger partial charge in [-0.15, -0.1) is 0 Å². The molecule has 1 unspecified atom stereocenters. The molecule has 1 aliphatic rings. The molecule has 1 aromatic carbocycles. The maximum absolute atomic E-state index is 12.3. The van der Waals surface area contributed by atoms with Gasteiger partial charge in [0.25, 0.3) is 0 Å². The molecule has 0 saturated carbocycles. The van der Waals surface area contributed by atoms with Crippen LogP contribution in [-0.2, 0) is 9.59 Å². The van der Waals surface area contributed by atoms with Crippen molar-refractivity contribution in [3.63, 3.8) is 0 Å². The van der Waals surface area contributed by atoms with Gasteiger partial charge in [0.1, 0.15) is 5.75 Å². The van der Waals surface area contributed by atoms with Gasteiger partial charge in [-0.2, -0.15) is 0 Å². The molecule has 0 spiro atoms. The van der Waals surface area contributed by atoms with Crippen molar-refractivity contribution in [2.75, 3.05) is 19.0 Å². The first-order chi connectivity index (χ1) is 10.2. The summed E-state index contributed by atoms with van der Waals surface area (Å²) < 4.78 is 5.17. The average molecular weight is 290 g/mol. The Morgan fingerprint density at radius 3 is 2.81 bits per heavy atom. The largest absolute Gasteiger partial charge is 0.495 e. The molecule has 0 aromatic heterocycles. The van der Waals surface area contributed by atoms with Crippen molar-refractivity contribution >= 4 is 17.5 Å². The van der Waals surface area contributed by atoms with E-state index in [0.29, 0.717) is 18.0 Å². The Bertz CT molecular complexity index is 516. The number of nitrogens with one attached hydrogen (secondary N) is 1. The van der Waals surface area contributed by atoms with E-state index in [1.54, 1.807) is 23.1 Å². The minimum Gasteiger partial charge on any atom is -0.495 e. The van der Waals surface area contributed by atoms with Crippen LogP contribution in [0.5, 0.6) is 5.75 Å². The van der Waals surface area contributed by atoms with Crippen molar-refractivity contribution in [1.29, 1.82) is 0 Å². The third-order valence-corrected chi connectivity index (χ3v) is 3.91. The van der Waals surface area contributed by atoms with Crippen LogP contribution < -0.4 is 10.1 Å². The van der Waals surface area contributed by atoms with Crippen LogP contribution in [0.1, 0.15) is 32.6 Å². The number of carbonyl (C=O) groups excluding carboxylic acids is 2. The number of methoxy groups -OCH3 is 1. The molecule has 114 valence electrons. The maximum atomic E-state index is 12.3. The molecule has 0 aliphatic carbocycles. The van der Waals surface area contributed by atoms with Gasteiger partial charge in [-0.1, -0.05) is 19.1 Å². The molecule has 5 nitrogen and oxygen atoms in total. The summed E-state index contributed by atoms with van der Waals surface area (Å²) in [5, 5.41) is 2.65. The van der Waals surface area contributed by atoms with E-state index in [4.69, 9.17) is 4.74 Å². The Morgan fingerprint density at radius 1 is 1.33 bits per heavy atom. The Kier molecular flexibility index (Phi) is 5.20. The highest BCUT2D eigenvalue weighted by Crippen LogP contribution is 2.24. The van der Waals surface area contributed by atoms with E-state index in [1.165, 1.54) is 7.11 Å². The van der Waals surface area contributed by atoms with Crippen molar-refractivity contribution in [3.05, 3.63) is 24.3 Å². The Morgan fingerprint density at radius 2 is 2.10 bits per heavy atom. The molecule has 0 radical (unpaired) electrons. The molecule has 1 N–H and O–H groups in total. The Balaban J connectivity index is 2.07. The number of hydrogen-bond acceptors (Lipinski definition) is 3. The molecule has 1 aromatic rings. The fraction of sp³-hybridized carbons (Fsp3) is 0.500. The second-order valence-electron chi connectivity index (χ2n) is 5.21. The number of anilines is 1. The lowest BCUT2D eigenvalue weighted by atomic mass is 10.00. The minimum absolute atomic E-state index is 0.176. The maximum Gasteiger partial charge on any atom is 0.314 e. The summed E-state index contributed by atoms with van der Waals surface area (Å²) in [5.74, 6) is -0.503. The van der Waals surface area contributed by atoms with Crippen molar-refractivity contribution in [3.8, 4) is 5.75 Å². The zero-order valence-electron chi connectivity index (χ0n) is 12.6. The van der Waals surface area contributed by atoms with Gasteiger partial charge in [0.05, 0.1) is 12.8 Å². The highest BCUT2D eigenvalue weighted by Gasteiger charge is 2.29. The second-order valence-corrected chi connectivity index (χ2v) is 5.21. The highest BCUT2D eigenvalue weighted by atomic mass is 16.5. The molecule has 2 amide bonds. The summed E-state index contributed by atoms with van der Waals surface area (Å²) in [5.41, 5.74) is 0.517. The van der Waals surface area contributed by atoms with E-state index in [-0.39, 0.29) is 6.04 Å². The van der Waals surface area contributed by atoms with Gasteiger partial charge in [-0.05, 0) is 37.8 Å². The summed E-state index contributed by atoms with van der Waals surface area (Å²) in [6.07, 6.45) is 3.94. The van der Waals surface area contributed by atoms with Gasteiger partial charge in [0.2, 0.25) is 0 Å². The smallest absolute Gasteiger partial charge is 0.314 e. The highest BCUT2D eigenvalue weighted by molar-refractivity contribution is 6.39. The molecule has 0 bridgehead atoms. The predicted molar refractivity (Wildman–Crippen MR) is 81.3 cm³/mol. The first-order valence-corrected chi connectivity index (χ1v) is 7.42. The van der Waals surface area contributed by atoms with Crippen LogP contribution in [0, 0.1) is 0 Å². The number of ether oxygens (including phenoxy) is 1. The lowest BCUT2D eigenvalue weighted by molar-refractivity contribution is -0.145. The third kappa shape index (κ3) is 3.54. The van der Waals surface area contributed by atoms with E-state index in [2.05, 4.69) is 5.32 Å². The summed E-state index contributed by atoms with van der Waals surface area (Å²) in [6, 6.07) is 7.24. The van der Waals surface area contributed by atoms with E-state index in [9.17, 15) is 9.59 Å². The normalized spacial score (nSPS) is 18.2. The predicted octanol–water partition coefficient (Wildman–Crippen LogP) is 2.42. The number of hydrogen-bond donors (Lipinski definition) is 1. The summed E-state index contributed by atoms with van der Waals surface area (Å²) in [6.45, 7) is 2.71. The Labute approximate surface area is 125 Å². The van der Waals surface area contributed by atoms with Crippen LogP contribution in [-0.4, -0.2) is 36.4 Å². The summed E-state index contributed by atoms with van der Waals surface area (Å²) in [7, 11) is 1.53. The molecular weight excluding hydrogens is 268 g/mol. The van der Waals surface area contributed by atoms with Crippen molar-refractivity contribution < 1.29 is 14.3 Å². The van der Waals surface area contributed by atoms with E-state index in [1.807, 2.05) is 13.0 Å². The van der Waals surface area contributed by atoms with Gasteiger partial charge in [0.15, 0.2) is 0 Å². The molecule has 1 heterocycles. The van der Waals surface area contributed by atoms with Crippen molar-refractivity contribution in [2.24, 2.45) is 0 Å². The van der Waals surface area contributed by atoms with Crippen LogP contribution in [0.3, 0.4) is 0 Å². The number of likely N-dealkylation sites (tertiary alicyclic amines) is 1. The van der Waals surface area contributed by atoms with Crippen LogP contribution in [0.2, 0.25) is 0 Å². The molecule has 1 fully saturated rings. The van der Waals surface area contributed by atoms with E-state index < -0.39 is 11.8 Å². The van der Waals surface area contributed by atoms with E-state index in [0.717, 1.165) is 25.7 Å². The first kappa shape index (κ1) is 15.4. The second kappa shape index (κ2) is 7.11. The third-order valence-electron chi connectivity index (χ3n) is 3.91. The zero-order valence-corrected chi connectivity index (χ0v) is 12.6. The number of benzene rings is 1. The lowest BCUT2D eigenvalue weighted by Gasteiger charge is -2.34. The standard InChI is InChI=1S/C16H22N2O3/c1-3-12-8-6-7-11-18(12)16(20)15(19)17-13-9-4-5-10-14(13)21-2/h4-5,9-10,12H,3,6-8,11H2,1-2H3,(H,17,19). The fourth-order valence-corrected chi connectivity index (χ4v) is 2.75. The van der Waals surface area contributed by atoms with Gasteiger partial charge >= 0.3 is 11.8 Å². The Hall–Kier alpha value is -2.04. The van der Waals surface area contributed by atoms with Crippen molar-refractivity contribution in [2.45, 2.75) is 38.6 Å². The number of carbonyl (C=O) groups is 2. The zero-order chi connectivity index (χ0) is 15.2.